The number of hydrogen-bond acceptors (Lipinski definition) is 1. The molecule has 0 saturated carbocycles. The van der Waals surface area contributed by atoms with Crippen molar-refractivity contribution in [3.8, 4) is 0 Å². The molecule has 1 aromatic carbocycles. The summed E-state index contributed by atoms with van der Waals surface area (Å²) in [6.45, 7) is 13.7. The van der Waals surface area contributed by atoms with Gasteiger partial charge in [-0.05, 0) is 52.2 Å². The molecular weight excluding hydrogens is 230 g/mol. The Bertz CT molecular complexity index is 393. The molecule has 0 bridgehead atoms. The zero-order valence-corrected chi connectivity index (χ0v) is 13.4. The molecule has 19 heavy (non-hydrogen) atoms. The van der Waals surface area contributed by atoms with Gasteiger partial charge in [-0.2, -0.15) is 0 Å². The Morgan fingerprint density at radius 2 is 1.53 bits per heavy atom. The fraction of sp³-hybridized carbons (Fsp3) is 0.556. The highest BCUT2D eigenvalue weighted by Crippen LogP contribution is 2.29. The Hall–Kier alpha value is -1.24. The highest BCUT2D eigenvalue weighted by atomic mass is 15.2. The van der Waals surface area contributed by atoms with Crippen molar-refractivity contribution in [2.45, 2.75) is 66.5 Å². The minimum atomic E-state index is 0.516. The number of nitrogens with zero attached hydrogens (tertiary/aromatic N) is 1. The number of hydrogen-bond donors (Lipinski definition) is 0. The summed E-state index contributed by atoms with van der Waals surface area (Å²) in [5, 5.41) is 0. The van der Waals surface area contributed by atoms with E-state index < -0.39 is 0 Å². The third-order valence-corrected chi connectivity index (χ3v) is 3.45. The van der Waals surface area contributed by atoms with E-state index in [9.17, 15) is 0 Å². The van der Waals surface area contributed by atoms with Gasteiger partial charge < -0.3 is 4.90 Å². The first-order valence-electron chi connectivity index (χ1n) is 7.52. The topological polar surface area (TPSA) is 3.24 Å². The highest BCUT2D eigenvalue weighted by Gasteiger charge is 2.19. The molecule has 1 rings (SSSR count). The molecule has 0 spiro atoms. The van der Waals surface area contributed by atoms with Crippen molar-refractivity contribution in [3.05, 3.63) is 41.5 Å². The van der Waals surface area contributed by atoms with Crippen LogP contribution < -0.4 is 0 Å². The standard InChI is InChI=1S/C18H29N/c1-7-11-16(6)18(17-12-9-8-10-13-17)19(14(2)3)15(4)5/h8-10,12-15H,7,11H2,1-6H3. The lowest BCUT2D eigenvalue weighted by Gasteiger charge is -2.37. The van der Waals surface area contributed by atoms with Crippen LogP contribution in [0.4, 0.5) is 0 Å². The van der Waals surface area contributed by atoms with Crippen molar-refractivity contribution < 1.29 is 0 Å². The zero-order valence-electron chi connectivity index (χ0n) is 13.4. The van der Waals surface area contributed by atoms with Gasteiger partial charge in [0.2, 0.25) is 0 Å². The van der Waals surface area contributed by atoms with E-state index in [4.69, 9.17) is 0 Å². The molecule has 1 nitrogen and oxygen atoms in total. The van der Waals surface area contributed by atoms with Crippen LogP contribution in [-0.2, 0) is 0 Å². The first-order chi connectivity index (χ1) is 8.99. The third-order valence-electron chi connectivity index (χ3n) is 3.45. The van der Waals surface area contributed by atoms with Crippen molar-refractivity contribution in [1.29, 1.82) is 0 Å². The zero-order chi connectivity index (χ0) is 14.4. The predicted octanol–water partition coefficient (Wildman–Crippen LogP) is 5.34. The lowest BCUT2D eigenvalue weighted by atomic mass is 10.00. The maximum atomic E-state index is 2.54. The number of rotatable bonds is 6. The van der Waals surface area contributed by atoms with E-state index in [-0.39, 0.29) is 0 Å². The van der Waals surface area contributed by atoms with Gasteiger partial charge in [-0.25, -0.2) is 0 Å². The van der Waals surface area contributed by atoms with Crippen molar-refractivity contribution in [3.63, 3.8) is 0 Å². The van der Waals surface area contributed by atoms with E-state index in [2.05, 4.69) is 76.8 Å². The summed E-state index contributed by atoms with van der Waals surface area (Å²) in [6.07, 6.45) is 2.37. The van der Waals surface area contributed by atoms with Crippen LogP contribution in [0, 0.1) is 0 Å². The maximum absolute atomic E-state index is 2.54. The number of allylic oxidation sites excluding steroid dienone is 1. The second-order valence-electron chi connectivity index (χ2n) is 5.84. The molecule has 106 valence electrons. The largest absolute Gasteiger partial charge is 0.366 e. The van der Waals surface area contributed by atoms with Crippen molar-refractivity contribution >= 4 is 5.70 Å². The fourth-order valence-corrected chi connectivity index (χ4v) is 2.82. The van der Waals surface area contributed by atoms with E-state index in [1.54, 1.807) is 0 Å². The van der Waals surface area contributed by atoms with Crippen LogP contribution in [0.1, 0.15) is 59.9 Å². The second kappa shape index (κ2) is 7.37. The van der Waals surface area contributed by atoms with E-state index in [1.807, 2.05) is 0 Å². The number of benzene rings is 1. The Balaban J connectivity index is 3.31. The van der Waals surface area contributed by atoms with Crippen molar-refractivity contribution in [2.24, 2.45) is 0 Å². The van der Waals surface area contributed by atoms with Gasteiger partial charge in [-0.3, -0.25) is 0 Å². The lowest BCUT2D eigenvalue weighted by molar-refractivity contribution is 0.272. The summed E-state index contributed by atoms with van der Waals surface area (Å²) in [6, 6.07) is 11.8. The molecular formula is C18H29N. The normalized spacial score (nSPS) is 12.8. The van der Waals surface area contributed by atoms with Crippen LogP contribution in [0.15, 0.2) is 35.9 Å². The summed E-state index contributed by atoms with van der Waals surface area (Å²) in [5.41, 5.74) is 4.26. The van der Waals surface area contributed by atoms with E-state index in [0.717, 1.165) is 0 Å². The fourth-order valence-electron chi connectivity index (χ4n) is 2.82. The van der Waals surface area contributed by atoms with Gasteiger partial charge in [0, 0.05) is 17.8 Å². The molecule has 0 saturated heterocycles. The van der Waals surface area contributed by atoms with Crippen LogP contribution in [0.3, 0.4) is 0 Å². The molecule has 0 unspecified atom stereocenters. The Labute approximate surface area is 119 Å². The maximum Gasteiger partial charge on any atom is 0.0433 e. The first kappa shape index (κ1) is 15.8. The van der Waals surface area contributed by atoms with Crippen LogP contribution in [-0.4, -0.2) is 17.0 Å². The SMILES string of the molecule is CCCC(C)=C(c1ccccc1)N(C(C)C)C(C)C. The molecule has 0 N–H and O–H groups in total. The summed E-state index contributed by atoms with van der Waals surface area (Å²) in [7, 11) is 0. The molecule has 1 heteroatoms. The van der Waals surface area contributed by atoms with Gasteiger partial charge in [-0.1, -0.05) is 43.7 Å². The van der Waals surface area contributed by atoms with Crippen LogP contribution in [0.2, 0.25) is 0 Å². The molecule has 0 aliphatic carbocycles. The molecule has 0 radical (unpaired) electrons. The molecule has 0 amide bonds. The van der Waals surface area contributed by atoms with Gasteiger partial charge in [-0.15, -0.1) is 0 Å². The lowest BCUT2D eigenvalue weighted by Crippen LogP contribution is -2.36. The molecule has 0 aliphatic rings. The van der Waals surface area contributed by atoms with E-state index in [1.165, 1.54) is 29.7 Å². The quantitative estimate of drug-likeness (QED) is 0.667. The van der Waals surface area contributed by atoms with Crippen molar-refractivity contribution in [2.75, 3.05) is 0 Å². The summed E-state index contributed by atoms with van der Waals surface area (Å²) in [4.78, 5) is 2.54. The smallest absolute Gasteiger partial charge is 0.0433 e. The van der Waals surface area contributed by atoms with E-state index >= 15 is 0 Å². The van der Waals surface area contributed by atoms with E-state index in [0.29, 0.717) is 12.1 Å². The molecule has 0 atom stereocenters. The molecule has 0 fully saturated rings. The van der Waals surface area contributed by atoms with Crippen LogP contribution in [0.25, 0.3) is 5.70 Å². The Morgan fingerprint density at radius 1 is 1.00 bits per heavy atom. The Kier molecular flexibility index (Phi) is 6.14. The second-order valence-corrected chi connectivity index (χ2v) is 5.84. The first-order valence-corrected chi connectivity index (χ1v) is 7.52. The average Bonchev–Trinajstić information content (AvgIpc) is 2.36. The minimum Gasteiger partial charge on any atom is -0.366 e. The highest BCUT2D eigenvalue weighted by molar-refractivity contribution is 5.67. The monoisotopic (exact) mass is 259 g/mol. The van der Waals surface area contributed by atoms with Gasteiger partial charge >= 0.3 is 0 Å². The van der Waals surface area contributed by atoms with Gasteiger partial charge in [0.25, 0.3) is 0 Å². The van der Waals surface area contributed by atoms with Crippen LogP contribution >= 0.6 is 0 Å². The van der Waals surface area contributed by atoms with Gasteiger partial charge in [0.05, 0.1) is 0 Å². The summed E-state index contributed by atoms with van der Waals surface area (Å²) >= 11 is 0. The Morgan fingerprint density at radius 3 is 1.95 bits per heavy atom. The van der Waals surface area contributed by atoms with Crippen molar-refractivity contribution in [1.82, 2.24) is 4.90 Å². The van der Waals surface area contributed by atoms with Gasteiger partial charge in [0.1, 0.15) is 0 Å². The molecule has 0 aliphatic heterocycles. The third kappa shape index (κ3) is 4.12. The minimum absolute atomic E-state index is 0.516. The van der Waals surface area contributed by atoms with Crippen LogP contribution in [0.5, 0.6) is 0 Å². The van der Waals surface area contributed by atoms with Gasteiger partial charge in [0.15, 0.2) is 0 Å². The molecule has 0 heterocycles. The average molecular weight is 259 g/mol. The molecule has 0 aromatic heterocycles. The molecule has 1 aromatic rings. The summed E-state index contributed by atoms with van der Waals surface area (Å²) < 4.78 is 0. The predicted molar refractivity (Wildman–Crippen MR) is 86.1 cm³/mol. The summed E-state index contributed by atoms with van der Waals surface area (Å²) in [5.74, 6) is 0.